The van der Waals surface area contributed by atoms with Gasteiger partial charge >= 0.3 is 0 Å². The maximum Gasteiger partial charge on any atom is 0.227 e. The minimum atomic E-state index is 0.0169. The fraction of sp³-hybridized carbons (Fsp3) is 0.389. The largest absolute Gasteiger partial charge is 0.361 e. The lowest BCUT2D eigenvalue weighted by atomic mass is 10.1. The molecule has 0 bridgehead atoms. The number of hydrogen-bond donors (Lipinski definition) is 2. The number of hydrogen-bond acceptors (Lipinski definition) is 4. The summed E-state index contributed by atoms with van der Waals surface area (Å²) in [5, 5.41) is 8.06. The second-order valence-electron chi connectivity index (χ2n) is 6.32. The second kappa shape index (κ2) is 7.29. The van der Waals surface area contributed by atoms with Crippen molar-refractivity contribution < 1.29 is 9.32 Å². The molecule has 0 saturated carbocycles. The molecule has 0 radical (unpaired) electrons. The number of benzene rings is 1. The predicted molar refractivity (Wildman–Crippen MR) is 92.4 cm³/mol. The SMILES string of the molecule is CC(C)CCNC(=O)CCc1nc(-c2ccc3cc[nH]c3c2)no1. The van der Waals surface area contributed by atoms with Gasteiger partial charge in [-0.3, -0.25) is 4.79 Å². The molecule has 2 N–H and O–H groups in total. The number of aromatic amines is 1. The molecular weight excluding hydrogens is 304 g/mol. The molecule has 0 saturated heterocycles. The summed E-state index contributed by atoms with van der Waals surface area (Å²) in [6, 6.07) is 7.98. The lowest BCUT2D eigenvalue weighted by Crippen LogP contribution is -2.25. The van der Waals surface area contributed by atoms with E-state index in [4.69, 9.17) is 4.52 Å². The Balaban J connectivity index is 1.56. The van der Waals surface area contributed by atoms with Gasteiger partial charge in [-0.15, -0.1) is 0 Å². The Bertz CT molecular complexity index is 819. The van der Waals surface area contributed by atoms with Crippen LogP contribution in [0.3, 0.4) is 0 Å². The molecule has 3 aromatic rings. The standard InChI is InChI=1S/C18H22N4O2/c1-12(2)7-9-20-16(23)5-6-17-21-18(22-24-17)14-4-3-13-8-10-19-15(13)11-14/h3-4,8,10-12,19H,5-7,9H2,1-2H3,(H,20,23). The van der Waals surface area contributed by atoms with E-state index in [1.54, 1.807) is 0 Å². The van der Waals surface area contributed by atoms with Gasteiger partial charge in [0, 0.05) is 36.7 Å². The molecule has 0 aliphatic rings. The molecule has 6 nitrogen and oxygen atoms in total. The van der Waals surface area contributed by atoms with Crippen molar-refractivity contribution in [1.82, 2.24) is 20.4 Å². The van der Waals surface area contributed by atoms with Gasteiger partial charge in [-0.05, 0) is 29.9 Å². The zero-order valence-corrected chi connectivity index (χ0v) is 14.0. The molecule has 24 heavy (non-hydrogen) atoms. The van der Waals surface area contributed by atoms with E-state index in [0.717, 1.165) is 22.9 Å². The zero-order valence-electron chi connectivity index (χ0n) is 14.0. The first-order chi connectivity index (χ1) is 11.6. The van der Waals surface area contributed by atoms with E-state index in [1.807, 2.05) is 30.5 Å². The Morgan fingerprint density at radius 1 is 1.33 bits per heavy atom. The third kappa shape index (κ3) is 4.01. The van der Waals surface area contributed by atoms with Crippen molar-refractivity contribution in [2.24, 2.45) is 5.92 Å². The van der Waals surface area contributed by atoms with Crippen LogP contribution in [0.25, 0.3) is 22.3 Å². The number of rotatable bonds is 7. The lowest BCUT2D eigenvalue weighted by molar-refractivity contribution is -0.121. The minimum Gasteiger partial charge on any atom is -0.361 e. The number of nitrogens with one attached hydrogen (secondary N) is 2. The molecule has 0 aliphatic carbocycles. The number of H-pyrrole nitrogens is 1. The maximum atomic E-state index is 11.8. The highest BCUT2D eigenvalue weighted by molar-refractivity contribution is 5.83. The monoisotopic (exact) mass is 326 g/mol. The predicted octanol–water partition coefficient (Wildman–Crippen LogP) is 3.31. The van der Waals surface area contributed by atoms with Gasteiger partial charge in [0.1, 0.15) is 0 Å². The molecule has 3 rings (SSSR count). The Hall–Kier alpha value is -2.63. The summed E-state index contributed by atoms with van der Waals surface area (Å²) in [5.41, 5.74) is 1.92. The highest BCUT2D eigenvalue weighted by Crippen LogP contribution is 2.21. The van der Waals surface area contributed by atoms with Gasteiger partial charge in [0.05, 0.1) is 0 Å². The summed E-state index contributed by atoms with van der Waals surface area (Å²) in [6.07, 6.45) is 3.69. The number of aromatic nitrogens is 3. The average Bonchev–Trinajstić information content (AvgIpc) is 3.21. The molecule has 2 heterocycles. The van der Waals surface area contributed by atoms with Crippen LogP contribution in [-0.4, -0.2) is 27.6 Å². The molecule has 0 aliphatic heterocycles. The van der Waals surface area contributed by atoms with Crippen LogP contribution >= 0.6 is 0 Å². The summed E-state index contributed by atoms with van der Waals surface area (Å²) in [5.74, 6) is 1.63. The molecule has 0 fully saturated rings. The normalized spacial score (nSPS) is 11.3. The summed E-state index contributed by atoms with van der Waals surface area (Å²) in [6.45, 7) is 4.98. The van der Waals surface area contributed by atoms with Gasteiger partial charge in [-0.2, -0.15) is 4.98 Å². The van der Waals surface area contributed by atoms with Crippen molar-refractivity contribution in [1.29, 1.82) is 0 Å². The fourth-order valence-electron chi connectivity index (χ4n) is 2.47. The van der Waals surface area contributed by atoms with Crippen molar-refractivity contribution in [3.8, 4) is 11.4 Å². The topological polar surface area (TPSA) is 83.8 Å². The molecule has 1 amide bonds. The van der Waals surface area contributed by atoms with Crippen LogP contribution in [0, 0.1) is 5.92 Å². The summed E-state index contributed by atoms with van der Waals surface area (Å²) in [4.78, 5) is 19.3. The van der Waals surface area contributed by atoms with Crippen molar-refractivity contribution in [3.05, 3.63) is 36.4 Å². The van der Waals surface area contributed by atoms with E-state index < -0.39 is 0 Å². The van der Waals surface area contributed by atoms with E-state index in [2.05, 4.69) is 34.3 Å². The lowest BCUT2D eigenvalue weighted by Gasteiger charge is -2.05. The Morgan fingerprint density at radius 2 is 2.21 bits per heavy atom. The smallest absolute Gasteiger partial charge is 0.227 e. The second-order valence-corrected chi connectivity index (χ2v) is 6.32. The van der Waals surface area contributed by atoms with Gasteiger partial charge < -0.3 is 14.8 Å². The molecule has 0 atom stereocenters. The first-order valence-electron chi connectivity index (χ1n) is 8.28. The molecule has 6 heteroatoms. The Morgan fingerprint density at radius 3 is 3.04 bits per heavy atom. The van der Waals surface area contributed by atoms with Crippen LogP contribution in [0.2, 0.25) is 0 Å². The number of aryl methyl sites for hydroxylation is 1. The van der Waals surface area contributed by atoms with Crippen LogP contribution in [0.5, 0.6) is 0 Å². The molecule has 0 unspecified atom stereocenters. The van der Waals surface area contributed by atoms with Crippen LogP contribution in [-0.2, 0) is 11.2 Å². The van der Waals surface area contributed by atoms with Crippen molar-refractivity contribution in [2.75, 3.05) is 6.54 Å². The van der Waals surface area contributed by atoms with E-state index in [1.165, 1.54) is 0 Å². The Labute approximate surface area is 140 Å². The van der Waals surface area contributed by atoms with Gasteiger partial charge in [-0.25, -0.2) is 0 Å². The summed E-state index contributed by atoms with van der Waals surface area (Å²) >= 11 is 0. The van der Waals surface area contributed by atoms with Gasteiger partial charge in [-0.1, -0.05) is 31.1 Å². The van der Waals surface area contributed by atoms with E-state index in [0.29, 0.717) is 37.0 Å². The van der Waals surface area contributed by atoms with Crippen LogP contribution in [0.1, 0.15) is 32.6 Å². The number of amides is 1. The summed E-state index contributed by atoms with van der Waals surface area (Å²) < 4.78 is 5.25. The van der Waals surface area contributed by atoms with E-state index in [-0.39, 0.29) is 5.91 Å². The highest BCUT2D eigenvalue weighted by Gasteiger charge is 2.11. The van der Waals surface area contributed by atoms with Crippen molar-refractivity contribution in [3.63, 3.8) is 0 Å². The van der Waals surface area contributed by atoms with Gasteiger partial charge in [0.2, 0.25) is 17.6 Å². The molecule has 2 aromatic heterocycles. The third-order valence-corrected chi connectivity index (χ3v) is 3.89. The highest BCUT2D eigenvalue weighted by atomic mass is 16.5. The van der Waals surface area contributed by atoms with Gasteiger partial charge in [0.25, 0.3) is 0 Å². The number of fused-ring (bicyclic) bond motifs is 1. The average molecular weight is 326 g/mol. The van der Waals surface area contributed by atoms with E-state index >= 15 is 0 Å². The Kier molecular flexibility index (Phi) is 4.93. The summed E-state index contributed by atoms with van der Waals surface area (Å²) in [7, 11) is 0. The van der Waals surface area contributed by atoms with Crippen LogP contribution in [0.15, 0.2) is 35.0 Å². The quantitative estimate of drug-likeness (QED) is 0.697. The number of nitrogens with zero attached hydrogens (tertiary/aromatic N) is 2. The first kappa shape index (κ1) is 16.2. The number of carbonyl (C=O) groups excluding carboxylic acids is 1. The van der Waals surface area contributed by atoms with Crippen molar-refractivity contribution >= 4 is 16.8 Å². The van der Waals surface area contributed by atoms with Crippen LogP contribution in [0.4, 0.5) is 0 Å². The van der Waals surface area contributed by atoms with E-state index in [9.17, 15) is 4.79 Å². The maximum absolute atomic E-state index is 11.8. The fourth-order valence-corrected chi connectivity index (χ4v) is 2.47. The first-order valence-corrected chi connectivity index (χ1v) is 8.28. The van der Waals surface area contributed by atoms with Crippen molar-refractivity contribution in [2.45, 2.75) is 33.1 Å². The molecule has 126 valence electrons. The molecule has 1 aromatic carbocycles. The van der Waals surface area contributed by atoms with Crippen LogP contribution < -0.4 is 5.32 Å². The zero-order chi connectivity index (χ0) is 16.9. The molecule has 0 spiro atoms. The minimum absolute atomic E-state index is 0.0169. The third-order valence-electron chi connectivity index (χ3n) is 3.89. The number of carbonyl (C=O) groups is 1. The molecular formula is C18H22N4O2. The van der Waals surface area contributed by atoms with Gasteiger partial charge in [0.15, 0.2) is 0 Å².